The van der Waals surface area contributed by atoms with Crippen LogP contribution in [-0.2, 0) is 12.8 Å². The number of unbranched alkanes of at least 4 members (excludes halogenated alkanes) is 3. The van der Waals surface area contributed by atoms with Gasteiger partial charge in [0.05, 0.1) is 4.88 Å². The van der Waals surface area contributed by atoms with Crippen molar-refractivity contribution < 1.29 is 4.79 Å². The molecule has 0 aliphatic heterocycles. The Kier molecular flexibility index (Phi) is 4.55. The van der Waals surface area contributed by atoms with Crippen molar-refractivity contribution in [3.8, 4) is 0 Å². The fourth-order valence-corrected chi connectivity index (χ4v) is 3.56. The molecule has 0 N–H and O–H groups in total. The van der Waals surface area contributed by atoms with Crippen LogP contribution in [0.5, 0.6) is 0 Å². The molecule has 0 spiro atoms. The summed E-state index contributed by atoms with van der Waals surface area (Å²) in [7, 11) is 0. The van der Waals surface area contributed by atoms with Crippen LogP contribution in [0.25, 0.3) is 0 Å². The summed E-state index contributed by atoms with van der Waals surface area (Å²) in [6, 6.07) is 2.14. The van der Waals surface area contributed by atoms with Crippen LogP contribution >= 0.6 is 11.3 Å². The van der Waals surface area contributed by atoms with E-state index in [2.05, 4.69) is 12.6 Å². The number of allylic oxidation sites excluding steroid dienone is 1. The highest BCUT2D eigenvalue weighted by Gasteiger charge is 2.17. The van der Waals surface area contributed by atoms with E-state index in [1.807, 2.05) is 6.08 Å². The highest BCUT2D eigenvalue weighted by molar-refractivity contribution is 7.14. The van der Waals surface area contributed by atoms with Crippen molar-refractivity contribution in [1.82, 2.24) is 0 Å². The van der Waals surface area contributed by atoms with Gasteiger partial charge in [0.1, 0.15) is 0 Å². The van der Waals surface area contributed by atoms with Crippen LogP contribution in [-0.4, -0.2) is 5.78 Å². The van der Waals surface area contributed by atoms with Crippen LogP contribution in [0.15, 0.2) is 18.7 Å². The van der Waals surface area contributed by atoms with Crippen LogP contribution in [0, 0.1) is 0 Å². The van der Waals surface area contributed by atoms with Gasteiger partial charge in [0.25, 0.3) is 0 Å². The Morgan fingerprint density at radius 2 is 2.24 bits per heavy atom. The van der Waals surface area contributed by atoms with E-state index in [0.29, 0.717) is 5.78 Å². The van der Waals surface area contributed by atoms with Crippen molar-refractivity contribution in [2.75, 3.05) is 0 Å². The summed E-state index contributed by atoms with van der Waals surface area (Å²) in [6.07, 6.45) is 10.7. The van der Waals surface area contributed by atoms with Crippen molar-refractivity contribution in [3.05, 3.63) is 34.0 Å². The van der Waals surface area contributed by atoms with E-state index in [1.165, 1.54) is 29.7 Å². The Balaban J connectivity index is 1.77. The number of rotatable bonds is 7. The van der Waals surface area contributed by atoms with Gasteiger partial charge in [-0.2, -0.15) is 0 Å². The first-order chi connectivity index (χ1) is 8.31. The minimum Gasteiger partial charge on any atom is -0.293 e. The molecule has 1 nitrogen and oxygen atoms in total. The summed E-state index contributed by atoms with van der Waals surface area (Å²) in [5.41, 5.74) is 1.44. The number of ketones is 1. The maximum atomic E-state index is 12.0. The molecule has 0 amide bonds. The largest absolute Gasteiger partial charge is 0.293 e. The van der Waals surface area contributed by atoms with Gasteiger partial charge in [-0.05, 0) is 50.2 Å². The minimum atomic E-state index is 0.350. The van der Waals surface area contributed by atoms with Crippen LogP contribution < -0.4 is 0 Å². The van der Waals surface area contributed by atoms with E-state index in [0.717, 1.165) is 37.0 Å². The maximum Gasteiger partial charge on any atom is 0.172 e. The topological polar surface area (TPSA) is 17.1 Å². The molecule has 0 unspecified atom stereocenters. The number of thiophene rings is 1. The average molecular weight is 248 g/mol. The quantitative estimate of drug-likeness (QED) is 0.393. The zero-order chi connectivity index (χ0) is 12.1. The third kappa shape index (κ3) is 3.29. The fourth-order valence-electron chi connectivity index (χ4n) is 2.34. The van der Waals surface area contributed by atoms with Gasteiger partial charge in [-0.25, -0.2) is 0 Å². The van der Waals surface area contributed by atoms with Gasteiger partial charge in [-0.15, -0.1) is 17.9 Å². The minimum absolute atomic E-state index is 0.350. The number of fused-ring (bicyclic) bond motifs is 1. The van der Waals surface area contributed by atoms with Gasteiger partial charge >= 0.3 is 0 Å². The third-order valence-electron chi connectivity index (χ3n) is 3.33. The predicted octanol–water partition coefficient (Wildman–Crippen LogP) is 4.56. The Labute approximate surface area is 108 Å². The fraction of sp³-hybridized carbons (Fsp3) is 0.533. The van der Waals surface area contributed by atoms with Gasteiger partial charge < -0.3 is 0 Å². The summed E-state index contributed by atoms with van der Waals surface area (Å²) < 4.78 is 0. The van der Waals surface area contributed by atoms with Crippen LogP contribution in [0.3, 0.4) is 0 Å². The molecule has 1 aromatic heterocycles. The second kappa shape index (κ2) is 6.15. The lowest BCUT2D eigenvalue weighted by atomic mass is 10.1. The monoisotopic (exact) mass is 248 g/mol. The SMILES string of the molecule is C=CCCCCCC(=O)c1cc2c(s1)CCC2. The molecule has 17 heavy (non-hydrogen) atoms. The highest BCUT2D eigenvalue weighted by Crippen LogP contribution is 2.31. The van der Waals surface area contributed by atoms with E-state index >= 15 is 0 Å². The Morgan fingerprint density at radius 3 is 3.00 bits per heavy atom. The van der Waals surface area contributed by atoms with Crippen LogP contribution in [0.2, 0.25) is 0 Å². The molecular formula is C15H20OS. The highest BCUT2D eigenvalue weighted by atomic mass is 32.1. The van der Waals surface area contributed by atoms with E-state index in [9.17, 15) is 4.79 Å². The molecule has 0 saturated heterocycles. The van der Waals surface area contributed by atoms with Crippen molar-refractivity contribution >= 4 is 17.1 Å². The molecule has 1 heterocycles. The smallest absolute Gasteiger partial charge is 0.172 e. The van der Waals surface area contributed by atoms with Gasteiger partial charge in [0, 0.05) is 11.3 Å². The number of hydrogen-bond acceptors (Lipinski definition) is 2. The third-order valence-corrected chi connectivity index (χ3v) is 4.61. The van der Waals surface area contributed by atoms with Gasteiger partial charge in [0.15, 0.2) is 5.78 Å². The van der Waals surface area contributed by atoms with Crippen LogP contribution in [0.4, 0.5) is 0 Å². The number of aryl methyl sites for hydroxylation is 2. The number of hydrogen-bond donors (Lipinski definition) is 0. The predicted molar refractivity (Wildman–Crippen MR) is 74.0 cm³/mol. The molecule has 1 aromatic rings. The molecule has 92 valence electrons. The summed E-state index contributed by atoms with van der Waals surface area (Å²) >= 11 is 1.73. The molecule has 0 atom stereocenters. The lowest BCUT2D eigenvalue weighted by molar-refractivity contribution is 0.0983. The molecule has 0 fully saturated rings. The first-order valence-corrected chi connectivity index (χ1v) is 7.38. The standard InChI is InChI=1S/C15H20OS/c1-2-3-4-5-6-9-13(16)15-11-12-8-7-10-14(12)17-15/h2,11H,1,3-10H2. The summed E-state index contributed by atoms with van der Waals surface area (Å²) in [5.74, 6) is 0.350. The molecular weight excluding hydrogens is 228 g/mol. The van der Waals surface area contributed by atoms with E-state index < -0.39 is 0 Å². The molecule has 1 aliphatic carbocycles. The normalized spacial score (nSPS) is 13.6. The molecule has 0 saturated carbocycles. The summed E-state index contributed by atoms with van der Waals surface area (Å²) in [6.45, 7) is 3.70. The summed E-state index contributed by atoms with van der Waals surface area (Å²) in [4.78, 5) is 14.4. The van der Waals surface area contributed by atoms with E-state index in [1.54, 1.807) is 11.3 Å². The Bertz CT molecular complexity index is 382. The van der Waals surface area contributed by atoms with Gasteiger partial charge in [0.2, 0.25) is 0 Å². The zero-order valence-corrected chi connectivity index (χ0v) is 11.2. The van der Waals surface area contributed by atoms with Crippen molar-refractivity contribution in [3.63, 3.8) is 0 Å². The van der Waals surface area contributed by atoms with Crippen molar-refractivity contribution in [1.29, 1.82) is 0 Å². The Hall–Kier alpha value is -0.890. The molecule has 0 bridgehead atoms. The maximum absolute atomic E-state index is 12.0. The van der Waals surface area contributed by atoms with Crippen molar-refractivity contribution in [2.24, 2.45) is 0 Å². The van der Waals surface area contributed by atoms with E-state index in [-0.39, 0.29) is 0 Å². The second-order valence-corrected chi connectivity index (χ2v) is 5.86. The summed E-state index contributed by atoms with van der Waals surface area (Å²) in [5, 5.41) is 0. The first kappa shape index (κ1) is 12.6. The lowest BCUT2D eigenvalue weighted by Crippen LogP contribution is -1.95. The lowest BCUT2D eigenvalue weighted by Gasteiger charge is -1.98. The average Bonchev–Trinajstić information content (AvgIpc) is 2.88. The second-order valence-electron chi connectivity index (χ2n) is 4.72. The van der Waals surface area contributed by atoms with Crippen molar-refractivity contribution in [2.45, 2.75) is 51.4 Å². The molecule has 0 aromatic carbocycles. The molecule has 1 aliphatic rings. The van der Waals surface area contributed by atoms with E-state index in [4.69, 9.17) is 0 Å². The molecule has 2 heteroatoms. The number of carbonyl (C=O) groups excluding carboxylic acids is 1. The van der Waals surface area contributed by atoms with Crippen LogP contribution in [0.1, 0.15) is 58.6 Å². The zero-order valence-electron chi connectivity index (χ0n) is 10.3. The first-order valence-electron chi connectivity index (χ1n) is 6.57. The number of Topliss-reactive ketones (excluding diaryl/α,β-unsaturated/α-hetero) is 1. The van der Waals surface area contributed by atoms with Gasteiger partial charge in [-0.1, -0.05) is 12.5 Å². The van der Waals surface area contributed by atoms with Gasteiger partial charge in [-0.3, -0.25) is 4.79 Å². The number of carbonyl (C=O) groups is 1. The molecule has 2 rings (SSSR count). The Morgan fingerprint density at radius 1 is 1.35 bits per heavy atom. The molecule has 0 radical (unpaired) electrons.